The third-order valence-corrected chi connectivity index (χ3v) is 3.05. The zero-order valence-corrected chi connectivity index (χ0v) is 12.3. The molecular weight excluding hydrogens is 240 g/mol. The summed E-state index contributed by atoms with van der Waals surface area (Å²) in [6, 6.07) is 6.24. The lowest BCUT2D eigenvalue weighted by Crippen LogP contribution is -2.43. The molecule has 0 bridgehead atoms. The molecule has 0 heterocycles. The second-order valence-corrected chi connectivity index (χ2v) is 5.00. The van der Waals surface area contributed by atoms with E-state index in [-0.39, 0.29) is 18.5 Å². The minimum atomic E-state index is -0.0421. The standard InChI is InChI=1S/C15H24N2O2/c1-11(2)17(15(18)10-16)7-8-19-14-9-12(3)5-6-13(14)4/h5-6,9,11H,7-8,10,16H2,1-4H3. The van der Waals surface area contributed by atoms with Gasteiger partial charge in [0.2, 0.25) is 5.91 Å². The van der Waals surface area contributed by atoms with Gasteiger partial charge >= 0.3 is 0 Å². The molecule has 0 spiro atoms. The van der Waals surface area contributed by atoms with Crippen molar-refractivity contribution in [1.29, 1.82) is 0 Å². The van der Waals surface area contributed by atoms with E-state index in [0.29, 0.717) is 13.2 Å². The Hall–Kier alpha value is -1.55. The van der Waals surface area contributed by atoms with Crippen LogP contribution in [-0.2, 0) is 4.79 Å². The zero-order valence-electron chi connectivity index (χ0n) is 12.3. The molecule has 0 atom stereocenters. The molecule has 1 amide bonds. The van der Waals surface area contributed by atoms with Crippen LogP contribution in [0.15, 0.2) is 18.2 Å². The maximum absolute atomic E-state index is 11.7. The summed E-state index contributed by atoms with van der Waals surface area (Å²) in [4.78, 5) is 13.4. The van der Waals surface area contributed by atoms with Gasteiger partial charge in [-0.25, -0.2) is 0 Å². The van der Waals surface area contributed by atoms with Gasteiger partial charge in [0, 0.05) is 6.04 Å². The lowest BCUT2D eigenvalue weighted by molar-refractivity contribution is -0.131. The van der Waals surface area contributed by atoms with Gasteiger partial charge < -0.3 is 15.4 Å². The van der Waals surface area contributed by atoms with Gasteiger partial charge in [-0.15, -0.1) is 0 Å². The number of aryl methyl sites for hydroxylation is 2. The number of carbonyl (C=O) groups excluding carboxylic acids is 1. The molecule has 4 nitrogen and oxygen atoms in total. The van der Waals surface area contributed by atoms with Crippen LogP contribution in [-0.4, -0.2) is 36.5 Å². The molecule has 1 aromatic rings. The molecule has 0 aromatic heterocycles. The lowest BCUT2D eigenvalue weighted by atomic mass is 10.1. The van der Waals surface area contributed by atoms with Crippen LogP contribution in [0.1, 0.15) is 25.0 Å². The molecule has 0 saturated heterocycles. The summed E-state index contributed by atoms with van der Waals surface area (Å²) >= 11 is 0. The number of carbonyl (C=O) groups is 1. The molecule has 106 valence electrons. The Morgan fingerprint density at radius 1 is 1.37 bits per heavy atom. The topological polar surface area (TPSA) is 55.6 Å². The fraction of sp³-hybridized carbons (Fsp3) is 0.533. The highest BCUT2D eigenvalue weighted by Crippen LogP contribution is 2.19. The largest absolute Gasteiger partial charge is 0.491 e. The summed E-state index contributed by atoms with van der Waals surface area (Å²) in [5.74, 6) is 0.837. The second-order valence-electron chi connectivity index (χ2n) is 5.00. The number of hydrogen-bond donors (Lipinski definition) is 1. The van der Waals surface area contributed by atoms with Crippen LogP contribution in [0.25, 0.3) is 0 Å². The highest BCUT2D eigenvalue weighted by Gasteiger charge is 2.15. The van der Waals surface area contributed by atoms with Crippen LogP contribution in [0.3, 0.4) is 0 Å². The van der Waals surface area contributed by atoms with Crippen molar-refractivity contribution in [3.05, 3.63) is 29.3 Å². The van der Waals surface area contributed by atoms with Gasteiger partial charge in [0.15, 0.2) is 0 Å². The van der Waals surface area contributed by atoms with Crippen LogP contribution >= 0.6 is 0 Å². The Kier molecular flexibility index (Phi) is 5.83. The molecule has 19 heavy (non-hydrogen) atoms. The van der Waals surface area contributed by atoms with E-state index in [2.05, 4.69) is 6.07 Å². The van der Waals surface area contributed by atoms with E-state index in [0.717, 1.165) is 11.3 Å². The summed E-state index contributed by atoms with van der Waals surface area (Å²) in [6.45, 7) is 9.08. The number of ether oxygens (including phenoxy) is 1. The maximum atomic E-state index is 11.7. The minimum absolute atomic E-state index is 0.0421. The molecule has 0 aliphatic heterocycles. The Bertz CT molecular complexity index is 430. The molecule has 0 unspecified atom stereocenters. The third kappa shape index (κ3) is 4.56. The highest BCUT2D eigenvalue weighted by atomic mass is 16.5. The predicted octanol–water partition coefficient (Wildman–Crippen LogP) is 1.88. The van der Waals surface area contributed by atoms with Gasteiger partial charge in [0.1, 0.15) is 12.4 Å². The highest BCUT2D eigenvalue weighted by molar-refractivity contribution is 5.78. The first-order valence-corrected chi connectivity index (χ1v) is 6.65. The van der Waals surface area contributed by atoms with Crippen molar-refractivity contribution in [2.45, 2.75) is 33.7 Å². The van der Waals surface area contributed by atoms with Crippen molar-refractivity contribution in [2.24, 2.45) is 5.73 Å². The smallest absolute Gasteiger partial charge is 0.236 e. The molecular formula is C15H24N2O2. The van der Waals surface area contributed by atoms with Crippen molar-refractivity contribution in [1.82, 2.24) is 4.90 Å². The molecule has 2 N–H and O–H groups in total. The number of amides is 1. The second kappa shape index (κ2) is 7.14. The first kappa shape index (κ1) is 15.5. The van der Waals surface area contributed by atoms with E-state index in [1.54, 1.807) is 4.90 Å². The van der Waals surface area contributed by atoms with Crippen molar-refractivity contribution in [3.8, 4) is 5.75 Å². The zero-order chi connectivity index (χ0) is 14.4. The number of rotatable bonds is 6. The molecule has 0 fully saturated rings. The first-order valence-electron chi connectivity index (χ1n) is 6.65. The van der Waals surface area contributed by atoms with E-state index in [1.165, 1.54) is 5.56 Å². The fourth-order valence-electron chi connectivity index (χ4n) is 1.90. The average Bonchev–Trinajstić information content (AvgIpc) is 2.37. The molecule has 1 aromatic carbocycles. The van der Waals surface area contributed by atoms with E-state index >= 15 is 0 Å². The number of benzene rings is 1. The van der Waals surface area contributed by atoms with Crippen molar-refractivity contribution < 1.29 is 9.53 Å². The fourth-order valence-corrected chi connectivity index (χ4v) is 1.90. The number of hydrogen-bond acceptors (Lipinski definition) is 3. The van der Waals surface area contributed by atoms with Gasteiger partial charge in [0.25, 0.3) is 0 Å². The van der Waals surface area contributed by atoms with Gasteiger partial charge in [-0.1, -0.05) is 12.1 Å². The molecule has 0 aliphatic rings. The van der Waals surface area contributed by atoms with Crippen LogP contribution in [0.4, 0.5) is 0 Å². The summed E-state index contributed by atoms with van der Waals surface area (Å²) in [5, 5.41) is 0. The molecule has 0 saturated carbocycles. The summed E-state index contributed by atoms with van der Waals surface area (Å²) in [6.07, 6.45) is 0. The maximum Gasteiger partial charge on any atom is 0.236 e. The van der Waals surface area contributed by atoms with E-state index in [9.17, 15) is 4.79 Å². The molecule has 1 rings (SSSR count). The Balaban J connectivity index is 2.57. The SMILES string of the molecule is Cc1ccc(C)c(OCCN(C(=O)CN)C(C)C)c1. The van der Waals surface area contributed by atoms with Crippen molar-refractivity contribution in [3.63, 3.8) is 0 Å². The summed E-state index contributed by atoms with van der Waals surface area (Å²) in [5.41, 5.74) is 7.68. The summed E-state index contributed by atoms with van der Waals surface area (Å²) < 4.78 is 5.76. The van der Waals surface area contributed by atoms with E-state index < -0.39 is 0 Å². The van der Waals surface area contributed by atoms with Gasteiger partial charge in [-0.05, 0) is 44.9 Å². The van der Waals surface area contributed by atoms with Gasteiger partial charge in [-0.2, -0.15) is 0 Å². The Morgan fingerprint density at radius 2 is 2.05 bits per heavy atom. The Labute approximate surface area is 115 Å². The van der Waals surface area contributed by atoms with Crippen LogP contribution < -0.4 is 10.5 Å². The summed E-state index contributed by atoms with van der Waals surface area (Å²) in [7, 11) is 0. The first-order chi connectivity index (χ1) is 8.95. The van der Waals surface area contributed by atoms with E-state index in [4.69, 9.17) is 10.5 Å². The molecule has 0 radical (unpaired) electrons. The number of nitrogens with two attached hydrogens (primary N) is 1. The van der Waals surface area contributed by atoms with Crippen LogP contribution in [0.5, 0.6) is 5.75 Å². The molecule has 0 aliphatic carbocycles. The average molecular weight is 264 g/mol. The number of nitrogens with zero attached hydrogens (tertiary/aromatic N) is 1. The quantitative estimate of drug-likeness (QED) is 0.853. The van der Waals surface area contributed by atoms with Gasteiger partial charge in [-0.3, -0.25) is 4.79 Å². The normalized spacial score (nSPS) is 10.6. The van der Waals surface area contributed by atoms with E-state index in [1.807, 2.05) is 39.8 Å². The lowest BCUT2D eigenvalue weighted by Gasteiger charge is -2.26. The van der Waals surface area contributed by atoms with Crippen molar-refractivity contribution in [2.75, 3.05) is 19.7 Å². The van der Waals surface area contributed by atoms with Crippen LogP contribution in [0, 0.1) is 13.8 Å². The van der Waals surface area contributed by atoms with Crippen LogP contribution in [0.2, 0.25) is 0 Å². The van der Waals surface area contributed by atoms with Crippen molar-refractivity contribution >= 4 is 5.91 Å². The third-order valence-electron chi connectivity index (χ3n) is 3.05. The molecule has 4 heteroatoms. The monoisotopic (exact) mass is 264 g/mol. The Morgan fingerprint density at radius 3 is 2.63 bits per heavy atom. The minimum Gasteiger partial charge on any atom is -0.491 e. The predicted molar refractivity (Wildman–Crippen MR) is 77.3 cm³/mol. The van der Waals surface area contributed by atoms with Gasteiger partial charge in [0.05, 0.1) is 13.1 Å².